The number of nitrogens with one attached hydrogen (secondary N) is 9. The van der Waals surface area contributed by atoms with Crippen LogP contribution in [0.25, 0.3) is 0 Å². The smallest absolute Gasteiger partial charge is 0.303 e. The lowest BCUT2D eigenvalue weighted by molar-refractivity contribution is -0.144. The van der Waals surface area contributed by atoms with Gasteiger partial charge in [0.15, 0.2) is 0 Å². The molecular weight excluding hydrogens is 1070 g/mol. The molecule has 31 heteroatoms. The Morgan fingerprint density at radius 2 is 1.14 bits per heavy atom. The molecule has 17 N–H and O–H groups in total. The molecule has 1 heterocycles. The Labute approximate surface area is 458 Å². The van der Waals surface area contributed by atoms with Crippen LogP contribution < -0.4 is 53.6 Å². The number of amides is 11. The van der Waals surface area contributed by atoms with E-state index in [9.17, 15) is 87.9 Å². The number of aliphatic hydroxyl groups is 3. The Bertz CT molecular complexity index is 2340. The molecule has 0 spiro atoms. The fraction of sp³-hybridized carbons (Fsp3) is 0.604. The fourth-order valence-electron chi connectivity index (χ4n) is 7.82. The summed E-state index contributed by atoms with van der Waals surface area (Å²) in [5.41, 5.74) is 5.64. The van der Waals surface area contributed by atoms with Gasteiger partial charge in [-0.3, -0.25) is 62.3 Å². The first-order valence-corrected chi connectivity index (χ1v) is 26.4. The third-order valence-electron chi connectivity index (χ3n) is 12.1. The molecular formula is C48H73N11O19S. The van der Waals surface area contributed by atoms with Crippen LogP contribution in [-0.4, -0.2) is 211 Å². The van der Waals surface area contributed by atoms with Gasteiger partial charge in [-0.25, -0.2) is 0 Å². The van der Waals surface area contributed by atoms with E-state index >= 15 is 0 Å². The van der Waals surface area contributed by atoms with Crippen LogP contribution >= 0.6 is 11.8 Å². The Morgan fingerprint density at radius 1 is 0.646 bits per heavy atom. The first kappa shape index (κ1) is 67.5. The minimum atomic E-state index is -1.73. The first-order chi connectivity index (χ1) is 37.1. The summed E-state index contributed by atoms with van der Waals surface area (Å²) in [4.78, 5) is 169. The zero-order chi connectivity index (χ0) is 59.7. The molecule has 0 bridgehead atoms. The van der Waals surface area contributed by atoms with Gasteiger partial charge >= 0.3 is 11.9 Å². The molecule has 2 rings (SSSR count). The van der Waals surface area contributed by atoms with Gasteiger partial charge in [0, 0.05) is 32.7 Å². The zero-order valence-corrected chi connectivity index (χ0v) is 45.1. The number of carboxylic acid groups (broad SMARTS) is 2. The number of benzene rings is 1. The van der Waals surface area contributed by atoms with Gasteiger partial charge in [-0.2, -0.15) is 11.8 Å². The monoisotopic (exact) mass is 1140 g/mol. The Morgan fingerprint density at radius 3 is 1.65 bits per heavy atom. The number of primary amides is 1. The van der Waals surface area contributed by atoms with Gasteiger partial charge in [0.2, 0.25) is 65.0 Å². The maximum absolute atomic E-state index is 14.1. The van der Waals surface area contributed by atoms with Crippen LogP contribution in [0.5, 0.6) is 5.75 Å². The summed E-state index contributed by atoms with van der Waals surface area (Å²) in [5, 5.41) is 79.5. The van der Waals surface area contributed by atoms with Crippen molar-refractivity contribution in [3.63, 3.8) is 0 Å². The summed E-state index contributed by atoms with van der Waals surface area (Å²) in [7, 11) is 0. The summed E-state index contributed by atoms with van der Waals surface area (Å²) < 4.78 is 0. The van der Waals surface area contributed by atoms with Crippen LogP contribution in [0.3, 0.4) is 0 Å². The molecule has 440 valence electrons. The highest BCUT2D eigenvalue weighted by Gasteiger charge is 2.41. The van der Waals surface area contributed by atoms with E-state index in [2.05, 4.69) is 47.9 Å². The summed E-state index contributed by atoms with van der Waals surface area (Å²) in [5.74, 6) is -13.7. The molecule has 1 aromatic carbocycles. The topological polar surface area (TPSA) is 481 Å². The normalized spacial score (nSPS) is 16.4. The maximum atomic E-state index is 14.1. The molecule has 0 aromatic heterocycles. The van der Waals surface area contributed by atoms with E-state index in [0.717, 1.165) is 18.7 Å². The molecule has 1 unspecified atom stereocenters. The number of thioether (sulfide) groups is 1. The summed E-state index contributed by atoms with van der Waals surface area (Å²) in [6, 6.07) is -8.04. The standard InChI is InChI=1S/C48H73N11O19S/c1-23(2)38(57-43(73)29(13-15-37(68)69)53-41(71)28(51-25(4)63)12-14-36(66)67)48(78)59-17-6-7-34(59)46(76)58-39(24(3)62)47(77)50-20-35(65)52-30(16-18-79-5)42(72)56-33(22-61)45(75)54-31(19-26-8-10-27(64)11-9-26)44(74)55-32(21-60)40(49)70/h8-11,23-24,28-34,38-39,60-62,64H,6-7,12-22H2,1-5H3,(H2,49,70)(H,50,77)(H,51,63)(H,52,65)(H,53,71)(H,54,75)(H,55,74)(H,56,72)(H,57,73)(H,58,76)(H,66,67)(H,68,69)/t24?,28-,29-,30+,31+,32+,33+,34-,38-,39-/m0/s1. The lowest BCUT2D eigenvalue weighted by Crippen LogP contribution is -2.61. The van der Waals surface area contributed by atoms with E-state index in [1.54, 1.807) is 20.1 Å². The van der Waals surface area contributed by atoms with E-state index in [-0.39, 0.29) is 50.2 Å². The Kier molecular flexibility index (Phi) is 28.7. The highest BCUT2D eigenvalue weighted by Crippen LogP contribution is 2.21. The van der Waals surface area contributed by atoms with Gasteiger partial charge in [-0.15, -0.1) is 0 Å². The van der Waals surface area contributed by atoms with E-state index in [1.807, 2.05) is 0 Å². The third kappa shape index (κ3) is 23.1. The SMILES string of the molecule is CSCC[C@@H](NC(=O)CNC(=O)[C@@H](NC(=O)[C@@H]1CCCN1C(=O)[C@@H](NC(=O)[C@H](CCC(=O)O)NC(=O)[C@H](CCC(=O)O)NC(C)=O)C(C)C)C(C)O)C(=O)N[C@H](CO)C(=O)N[C@H](Cc1ccc(O)cc1)C(=O)N[C@H](CO)C(N)=O. The molecule has 11 amide bonds. The molecule has 1 aliphatic heterocycles. The van der Waals surface area contributed by atoms with Gasteiger partial charge in [0.05, 0.1) is 25.9 Å². The average Bonchev–Trinajstić information content (AvgIpc) is 3.89. The summed E-state index contributed by atoms with van der Waals surface area (Å²) in [6.45, 7) is 2.60. The van der Waals surface area contributed by atoms with Gasteiger partial charge in [0.25, 0.3) is 0 Å². The van der Waals surface area contributed by atoms with Crippen LogP contribution in [0.1, 0.15) is 78.2 Å². The van der Waals surface area contributed by atoms with Crippen molar-refractivity contribution in [1.82, 2.24) is 52.8 Å². The Balaban J connectivity index is 2.19. The molecule has 0 saturated carbocycles. The number of hydrogen-bond donors (Lipinski definition) is 16. The number of phenols is 1. The van der Waals surface area contributed by atoms with E-state index in [0.29, 0.717) is 5.56 Å². The molecule has 1 aromatic rings. The molecule has 0 aliphatic carbocycles. The number of phenolic OH excluding ortho intramolecular Hbond substituents is 1. The molecule has 79 heavy (non-hydrogen) atoms. The second kappa shape index (κ2) is 33.6. The van der Waals surface area contributed by atoms with Crippen molar-refractivity contribution in [3.8, 4) is 5.75 Å². The van der Waals surface area contributed by atoms with E-state index < -0.39 is 182 Å². The molecule has 30 nitrogen and oxygen atoms in total. The maximum Gasteiger partial charge on any atom is 0.303 e. The number of aliphatic carboxylic acids is 2. The molecule has 1 fully saturated rings. The van der Waals surface area contributed by atoms with Crippen molar-refractivity contribution in [1.29, 1.82) is 0 Å². The van der Waals surface area contributed by atoms with Crippen LogP contribution in [0.2, 0.25) is 0 Å². The van der Waals surface area contributed by atoms with Crippen molar-refractivity contribution >= 4 is 88.7 Å². The molecule has 1 saturated heterocycles. The third-order valence-corrected chi connectivity index (χ3v) is 12.7. The van der Waals surface area contributed by atoms with Crippen LogP contribution in [0, 0.1) is 5.92 Å². The lowest BCUT2D eigenvalue weighted by atomic mass is 10.0. The number of likely N-dealkylation sites (tertiary alicyclic amines) is 1. The van der Waals surface area contributed by atoms with Gasteiger partial charge < -0.3 is 89.1 Å². The predicted molar refractivity (Wildman–Crippen MR) is 277 cm³/mol. The van der Waals surface area contributed by atoms with Crippen LogP contribution in [-0.2, 0) is 68.7 Å². The second-order valence-corrected chi connectivity index (χ2v) is 19.8. The van der Waals surface area contributed by atoms with Crippen molar-refractivity contribution in [2.75, 3.05) is 38.3 Å². The number of nitrogens with zero attached hydrogens (tertiary/aromatic N) is 1. The predicted octanol–water partition coefficient (Wildman–Crippen LogP) is -6.07. The minimum Gasteiger partial charge on any atom is -0.508 e. The number of aliphatic hydroxyl groups excluding tert-OH is 3. The number of carbonyl (C=O) groups excluding carboxylic acids is 11. The van der Waals surface area contributed by atoms with Crippen molar-refractivity contribution in [2.45, 2.75) is 140 Å². The lowest BCUT2D eigenvalue weighted by Gasteiger charge is -2.32. The molecule has 10 atom stereocenters. The van der Waals surface area contributed by atoms with Gasteiger partial charge in [-0.05, 0) is 74.7 Å². The van der Waals surface area contributed by atoms with Crippen molar-refractivity contribution in [2.24, 2.45) is 11.7 Å². The molecule has 1 aliphatic rings. The first-order valence-electron chi connectivity index (χ1n) is 25.0. The number of nitrogens with two attached hydrogens (primary N) is 1. The van der Waals surface area contributed by atoms with Gasteiger partial charge in [-0.1, -0.05) is 26.0 Å². The Hall–Kier alpha value is -7.64. The zero-order valence-electron chi connectivity index (χ0n) is 44.3. The van der Waals surface area contributed by atoms with E-state index in [4.69, 9.17) is 10.8 Å². The fourth-order valence-corrected chi connectivity index (χ4v) is 8.29. The summed E-state index contributed by atoms with van der Waals surface area (Å²) >= 11 is 1.28. The van der Waals surface area contributed by atoms with Crippen LogP contribution in [0.4, 0.5) is 0 Å². The largest absolute Gasteiger partial charge is 0.508 e. The number of carboxylic acids is 2. The highest BCUT2D eigenvalue weighted by molar-refractivity contribution is 7.98. The van der Waals surface area contributed by atoms with Crippen molar-refractivity contribution in [3.05, 3.63) is 29.8 Å². The number of hydrogen-bond acceptors (Lipinski definition) is 18. The summed E-state index contributed by atoms with van der Waals surface area (Å²) in [6.07, 6.45) is -1.90. The second-order valence-electron chi connectivity index (χ2n) is 18.8. The van der Waals surface area contributed by atoms with Crippen molar-refractivity contribution < 1.29 is 93.0 Å². The number of rotatable bonds is 34. The minimum absolute atomic E-state index is 0.0131. The number of carbonyl (C=O) groups is 13. The number of aromatic hydroxyl groups is 1. The van der Waals surface area contributed by atoms with E-state index in [1.165, 1.54) is 36.0 Å². The van der Waals surface area contributed by atoms with Crippen LogP contribution in [0.15, 0.2) is 24.3 Å². The highest BCUT2D eigenvalue weighted by atomic mass is 32.2. The average molecular weight is 1140 g/mol. The van der Waals surface area contributed by atoms with Gasteiger partial charge in [0.1, 0.15) is 60.1 Å². The quantitative estimate of drug-likeness (QED) is 0.0305. The molecule has 0 radical (unpaired) electrons.